The summed E-state index contributed by atoms with van der Waals surface area (Å²) in [6.45, 7) is 1.94. The normalized spacial score (nSPS) is 10.7. The van der Waals surface area contributed by atoms with Crippen LogP contribution in [0.1, 0.15) is 19.8 Å². The van der Waals surface area contributed by atoms with Crippen molar-refractivity contribution in [2.24, 2.45) is 0 Å². The van der Waals surface area contributed by atoms with Crippen LogP contribution in [0.2, 0.25) is 0 Å². The van der Waals surface area contributed by atoms with Gasteiger partial charge in [0.2, 0.25) is 5.91 Å². The van der Waals surface area contributed by atoms with E-state index >= 15 is 0 Å². The van der Waals surface area contributed by atoms with Gasteiger partial charge >= 0.3 is 0 Å². The van der Waals surface area contributed by atoms with Gasteiger partial charge in [0.15, 0.2) is 0 Å². The van der Waals surface area contributed by atoms with Crippen molar-refractivity contribution in [1.29, 1.82) is 0 Å². The summed E-state index contributed by atoms with van der Waals surface area (Å²) in [5.41, 5.74) is 0.309. The van der Waals surface area contributed by atoms with Gasteiger partial charge in [0, 0.05) is 11.1 Å². The summed E-state index contributed by atoms with van der Waals surface area (Å²) in [7, 11) is 0. The second-order valence-corrected chi connectivity index (χ2v) is 6.06. The highest BCUT2D eigenvalue weighted by Gasteiger charge is 2.09. The first-order valence-corrected chi connectivity index (χ1v) is 8.16. The minimum Gasteiger partial charge on any atom is -0.311 e. The molecule has 1 amide bonds. The van der Waals surface area contributed by atoms with Crippen LogP contribution in [0.15, 0.2) is 47.3 Å². The van der Waals surface area contributed by atoms with Crippen molar-refractivity contribution < 1.29 is 4.79 Å². The van der Waals surface area contributed by atoms with Crippen LogP contribution in [0, 0.1) is 0 Å². The van der Waals surface area contributed by atoms with Crippen molar-refractivity contribution in [1.82, 2.24) is 9.97 Å². The van der Waals surface area contributed by atoms with Crippen molar-refractivity contribution in [2.45, 2.75) is 19.8 Å². The molecular formula is C17H15N3O2S. The van der Waals surface area contributed by atoms with E-state index in [0.717, 1.165) is 11.1 Å². The average molecular weight is 325 g/mol. The second kappa shape index (κ2) is 6.66. The zero-order valence-electron chi connectivity index (χ0n) is 12.6. The number of aromatic nitrogens is 2. The van der Waals surface area contributed by atoms with E-state index < -0.39 is 0 Å². The molecule has 0 unspecified atom stereocenters. The zero-order valence-corrected chi connectivity index (χ0v) is 13.4. The molecule has 2 heterocycles. The van der Waals surface area contributed by atoms with Gasteiger partial charge in [-0.1, -0.05) is 25.1 Å². The maximum atomic E-state index is 12.1. The van der Waals surface area contributed by atoms with Crippen LogP contribution in [0.25, 0.3) is 20.8 Å². The molecule has 116 valence electrons. The number of nitrogens with one attached hydrogen (secondary N) is 1. The zero-order chi connectivity index (χ0) is 16.2. The first-order chi connectivity index (χ1) is 11.2. The van der Waals surface area contributed by atoms with Crippen LogP contribution in [0.3, 0.4) is 0 Å². The van der Waals surface area contributed by atoms with Crippen LogP contribution >= 0.6 is 11.3 Å². The van der Waals surface area contributed by atoms with E-state index in [2.05, 4.69) is 15.3 Å². The van der Waals surface area contributed by atoms with Crippen LogP contribution in [0.5, 0.6) is 0 Å². The lowest BCUT2D eigenvalue weighted by atomic mass is 10.3. The highest BCUT2D eigenvalue weighted by Crippen LogP contribution is 2.25. The van der Waals surface area contributed by atoms with Crippen LogP contribution in [-0.2, 0) is 4.79 Å². The lowest BCUT2D eigenvalue weighted by Gasteiger charge is -2.06. The maximum absolute atomic E-state index is 12.1. The molecule has 0 saturated carbocycles. The van der Waals surface area contributed by atoms with Crippen LogP contribution in [0.4, 0.5) is 5.82 Å². The largest absolute Gasteiger partial charge is 0.311 e. The molecule has 6 heteroatoms. The minimum atomic E-state index is -0.267. The Kier molecular flexibility index (Phi) is 4.43. The number of anilines is 1. The molecule has 0 fully saturated rings. The van der Waals surface area contributed by atoms with Gasteiger partial charge in [-0.25, -0.2) is 4.98 Å². The number of hydrogen-bond donors (Lipinski definition) is 1. The number of carbonyl (C=O) groups excluding carboxylic acids is 1. The first kappa shape index (κ1) is 15.3. The van der Waals surface area contributed by atoms with Gasteiger partial charge in [0.05, 0.1) is 5.39 Å². The average Bonchev–Trinajstić information content (AvgIpc) is 2.55. The van der Waals surface area contributed by atoms with Crippen molar-refractivity contribution in [3.8, 4) is 10.7 Å². The number of fused-ring (bicyclic) bond motifs is 1. The standard InChI is InChI=1S/C17H15N3O2S/c1-2-6-15(21)19-14-10-5-8-12(18-14)17-20-16(22)11-7-3-4-9-13(11)23-17/h3-5,7-10H,2,6H2,1H3,(H,18,19,21). The van der Waals surface area contributed by atoms with E-state index in [1.807, 2.05) is 25.1 Å². The number of pyridine rings is 1. The van der Waals surface area contributed by atoms with E-state index in [-0.39, 0.29) is 11.5 Å². The summed E-state index contributed by atoms with van der Waals surface area (Å²) in [5.74, 6) is 0.396. The number of carbonyl (C=O) groups is 1. The molecule has 0 aliphatic heterocycles. The quantitative estimate of drug-likeness (QED) is 0.797. The summed E-state index contributed by atoms with van der Waals surface area (Å²) < 4.78 is 0.865. The summed E-state index contributed by atoms with van der Waals surface area (Å²) in [4.78, 5) is 32.3. The van der Waals surface area contributed by atoms with Gasteiger partial charge in [-0.15, -0.1) is 11.3 Å². The lowest BCUT2D eigenvalue weighted by molar-refractivity contribution is -0.116. The number of benzene rings is 1. The molecule has 0 saturated heterocycles. The molecule has 3 rings (SSSR count). The third-order valence-electron chi connectivity index (χ3n) is 3.24. The van der Waals surface area contributed by atoms with Crippen LogP contribution in [-0.4, -0.2) is 15.9 Å². The van der Waals surface area contributed by atoms with Gasteiger partial charge in [-0.05, 0) is 30.7 Å². The van der Waals surface area contributed by atoms with Crippen molar-refractivity contribution in [2.75, 3.05) is 5.32 Å². The fourth-order valence-corrected chi connectivity index (χ4v) is 3.14. The summed E-state index contributed by atoms with van der Waals surface area (Å²) in [6.07, 6.45) is 1.23. The third-order valence-corrected chi connectivity index (χ3v) is 4.31. The Morgan fingerprint density at radius 1 is 1.13 bits per heavy atom. The summed E-state index contributed by atoms with van der Waals surface area (Å²) in [5, 5.41) is 3.90. The summed E-state index contributed by atoms with van der Waals surface area (Å²) >= 11 is 1.41. The predicted molar refractivity (Wildman–Crippen MR) is 92.7 cm³/mol. The number of amides is 1. The highest BCUT2D eigenvalue weighted by atomic mass is 32.1. The summed E-state index contributed by atoms with van der Waals surface area (Å²) in [6, 6.07) is 12.7. The number of hydrogen-bond acceptors (Lipinski definition) is 5. The van der Waals surface area contributed by atoms with E-state index in [1.165, 1.54) is 11.3 Å². The molecule has 0 atom stereocenters. The third kappa shape index (κ3) is 3.43. The van der Waals surface area contributed by atoms with E-state index in [4.69, 9.17) is 0 Å². The molecule has 1 N–H and O–H groups in total. The molecule has 2 aromatic heterocycles. The molecule has 0 bridgehead atoms. The smallest absolute Gasteiger partial charge is 0.279 e. The molecule has 0 aliphatic rings. The Labute approximate surface area is 137 Å². The lowest BCUT2D eigenvalue weighted by Crippen LogP contribution is -2.12. The van der Waals surface area contributed by atoms with Crippen molar-refractivity contribution in [3.05, 3.63) is 52.8 Å². The second-order valence-electron chi connectivity index (χ2n) is 5.03. The van der Waals surface area contributed by atoms with Crippen LogP contribution < -0.4 is 10.9 Å². The molecule has 3 aromatic rings. The topological polar surface area (TPSA) is 72.0 Å². The Hall–Kier alpha value is -2.60. The molecule has 0 aliphatic carbocycles. The number of nitrogens with zero attached hydrogens (tertiary/aromatic N) is 2. The predicted octanol–water partition coefficient (Wildman–Crippen LogP) is 3.46. The molecule has 1 aromatic carbocycles. The Morgan fingerprint density at radius 3 is 2.78 bits per heavy atom. The molecule has 0 spiro atoms. The van der Waals surface area contributed by atoms with Crippen molar-refractivity contribution in [3.63, 3.8) is 0 Å². The number of rotatable bonds is 4. The van der Waals surface area contributed by atoms with Gasteiger partial charge in [0.1, 0.15) is 16.5 Å². The molecule has 0 radical (unpaired) electrons. The van der Waals surface area contributed by atoms with Gasteiger partial charge in [0.25, 0.3) is 5.56 Å². The van der Waals surface area contributed by atoms with Gasteiger partial charge in [-0.2, -0.15) is 4.98 Å². The molecule has 23 heavy (non-hydrogen) atoms. The molecular weight excluding hydrogens is 310 g/mol. The van der Waals surface area contributed by atoms with Gasteiger partial charge in [-0.3, -0.25) is 9.59 Å². The SMILES string of the molecule is CCCC(=O)Nc1cccc(-c2nc(=O)c3ccccc3s2)n1. The fraction of sp³-hybridized carbons (Fsp3) is 0.176. The Bertz CT molecular complexity index is 921. The van der Waals surface area contributed by atoms with Crippen molar-refractivity contribution >= 4 is 33.1 Å². The Morgan fingerprint density at radius 2 is 1.96 bits per heavy atom. The highest BCUT2D eigenvalue weighted by molar-refractivity contribution is 7.21. The minimum absolute atomic E-state index is 0.0724. The van der Waals surface area contributed by atoms with E-state index in [0.29, 0.717) is 28.3 Å². The fourth-order valence-electron chi connectivity index (χ4n) is 2.18. The van der Waals surface area contributed by atoms with E-state index in [9.17, 15) is 9.59 Å². The van der Waals surface area contributed by atoms with Gasteiger partial charge < -0.3 is 5.32 Å². The Balaban J connectivity index is 1.99. The van der Waals surface area contributed by atoms with E-state index in [1.54, 1.807) is 24.3 Å². The monoisotopic (exact) mass is 325 g/mol. The molecule has 5 nitrogen and oxygen atoms in total. The maximum Gasteiger partial charge on any atom is 0.279 e. The first-order valence-electron chi connectivity index (χ1n) is 7.34.